The fourth-order valence-electron chi connectivity index (χ4n) is 4.21. The summed E-state index contributed by atoms with van der Waals surface area (Å²) in [6.45, 7) is 0.625. The summed E-state index contributed by atoms with van der Waals surface area (Å²) in [7, 11) is -3.86. The number of hydrogen-bond donors (Lipinski definition) is 0. The molecule has 2 heterocycles. The maximum atomic E-state index is 13.0. The number of benzene rings is 1. The molecule has 1 amide bonds. The summed E-state index contributed by atoms with van der Waals surface area (Å²) in [6, 6.07) is 4.86. The number of nitrogens with zero attached hydrogens (tertiary/aromatic N) is 3. The SMILES string of the molecule is O=C(C1CCCCC1)N1CCC[C@H]1c1nnc(S(=O)(=O)Cc2ccc(F)cc2)o1. The molecule has 4 rings (SSSR count). The molecule has 2 fully saturated rings. The van der Waals surface area contributed by atoms with Gasteiger partial charge in [0.1, 0.15) is 11.9 Å². The first-order valence-corrected chi connectivity index (χ1v) is 11.7. The molecule has 0 bridgehead atoms. The van der Waals surface area contributed by atoms with Gasteiger partial charge >= 0.3 is 5.22 Å². The van der Waals surface area contributed by atoms with Crippen LogP contribution >= 0.6 is 0 Å². The summed E-state index contributed by atoms with van der Waals surface area (Å²) in [6.07, 6.45) is 6.63. The van der Waals surface area contributed by atoms with Gasteiger partial charge in [-0.05, 0) is 43.4 Å². The molecule has 0 radical (unpaired) electrons. The van der Waals surface area contributed by atoms with Crippen LogP contribution in [0.15, 0.2) is 33.9 Å². The van der Waals surface area contributed by atoms with E-state index in [-0.39, 0.29) is 29.5 Å². The molecular formula is C20H24FN3O4S. The van der Waals surface area contributed by atoms with Crippen LogP contribution in [-0.2, 0) is 20.4 Å². The summed E-state index contributed by atoms with van der Waals surface area (Å²) < 4.78 is 43.8. The smallest absolute Gasteiger partial charge is 0.335 e. The van der Waals surface area contributed by atoms with E-state index in [1.165, 1.54) is 30.7 Å². The van der Waals surface area contributed by atoms with Gasteiger partial charge in [-0.25, -0.2) is 12.8 Å². The molecule has 7 nitrogen and oxygen atoms in total. The van der Waals surface area contributed by atoms with Crippen molar-refractivity contribution in [2.45, 2.75) is 62.0 Å². The van der Waals surface area contributed by atoms with E-state index < -0.39 is 20.9 Å². The number of rotatable bonds is 5. The highest BCUT2D eigenvalue weighted by atomic mass is 32.2. The van der Waals surface area contributed by atoms with Gasteiger partial charge in [0.05, 0.1) is 5.75 Å². The van der Waals surface area contributed by atoms with E-state index >= 15 is 0 Å². The number of sulfone groups is 1. The summed E-state index contributed by atoms with van der Waals surface area (Å²) in [5, 5.41) is 7.22. The topological polar surface area (TPSA) is 93.4 Å². The minimum Gasteiger partial charge on any atom is -0.410 e. The van der Waals surface area contributed by atoms with E-state index in [4.69, 9.17) is 4.42 Å². The predicted octanol–water partition coefficient (Wildman–Crippen LogP) is 3.43. The lowest BCUT2D eigenvalue weighted by atomic mass is 9.88. The zero-order chi connectivity index (χ0) is 20.4. The fraction of sp³-hybridized carbons (Fsp3) is 0.550. The summed E-state index contributed by atoms with van der Waals surface area (Å²) in [4.78, 5) is 14.7. The van der Waals surface area contributed by atoms with Gasteiger partial charge in [-0.1, -0.05) is 36.5 Å². The van der Waals surface area contributed by atoms with Gasteiger partial charge in [0.15, 0.2) is 0 Å². The molecule has 1 aliphatic carbocycles. The Morgan fingerprint density at radius 2 is 1.79 bits per heavy atom. The van der Waals surface area contributed by atoms with Crippen molar-refractivity contribution < 1.29 is 22.0 Å². The van der Waals surface area contributed by atoms with E-state index in [0.29, 0.717) is 18.5 Å². The quantitative estimate of drug-likeness (QED) is 0.734. The minimum atomic E-state index is -3.86. The Hall–Kier alpha value is -2.29. The molecule has 1 aromatic carbocycles. The number of halogens is 1. The van der Waals surface area contributed by atoms with Gasteiger partial charge in [-0.15, -0.1) is 5.10 Å². The van der Waals surface area contributed by atoms with Gasteiger partial charge in [-0.2, -0.15) is 0 Å². The Bertz CT molecular complexity index is 968. The van der Waals surface area contributed by atoms with Crippen molar-refractivity contribution in [3.63, 3.8) is 0 Å². The minimum absolute atomic E-state index is 0.0361. The molecule has 1 aliphatic heterocycles. The average molecular weight is 421 g/mol. The highest BCUT2D eigenvalue weighted by Gasteiger charge is 2.38. The summed E-state index contributed by atoms with van der Waals surface area (Å²) in [5.74, 6) is -0.473. The molecule has 1 aromatic heterocycles. The molecule has 0 N–H and O–H groups in total. The van der Waals surface area contributed by atoms with Crippen molar-refractivity contribution in [2.75, 3.05) is 6.54 Å². The molecule has 1 atom stereocenters. The number of amides is 1. The van der Waals surface area contributed by atoms with Crippen LogP contribution in [0.4, 0.5) is 4.39 Å². The standard InChI is InChI=1S/C20H24FN3O4S/c21-16-10-8-14(9-11-16)13-29(26,27)20-23-22-18(28-20)17-7-4-12-24(17)19(25)15-5-2-1-3-6-15/h8-11,15,17H,1-7,12-13H2/t17-/m0/s1. The zero-order valence-electron chi connectivity index (χ0n) is 16.1. The molecule has 2 aromatic rings. The number of aromatic nitrogens is 2. The van der Waals surface area contributed by atoms with Crippen LogP contribution in [0.25, 0.3) is 0 Å². The molecule has 9 heteroatoms. The molecular weight excluding hydrogens is 397 g/mol. The molecule has 29 heavy (non-hydrogen) atoms. The average Bonchev–Trinajstić information content (AvgIpc) is 3.39. The lowest BCUT2D eigenvalue weighted by Crippen LogP contribution is -2.36. The third-order valence-electron chi connectivity index (χ3n) is 5.73. The van der Waals surface area contributed by atoms with Gasteiger partial charge in [0, 0.05) is 12.5 Å². The Kier molecular flexibility index (Phi) is 5.67. The van der Waals surface area contributed by atoms with Crippen LogP contribution in [-0.4, -0.2) is 36.0 Å². The molecule has 1 saturated heterocycles. The van der Waals surface area contributed by atoms with Crippen LogP contribution in [0.5, 0.6) is 0 Å². The predicted molar refractivity (Wildman–Crippen MR) is 102 cm³/mol. The van der Waals surface area contributed by atoms with E-state index in [1.807, 2.05) is 0 Å². The first kappa shape index (κ1) is 20.0. The molecule has 1 saturated carbocycles. The van der Waals surface area contributed by atoms with Crippen LogP contribution in [0.1, 0.15) is 62.4 Å². The van der Waals surface area contributed by atoms with Crippen LogP contribution in [0.2, 0.25) is 0 Å². The van der Waals surface area contributed by atoms with Crippen LogP contribution in [0, 0.1) is 11.7 Å². The number of carbonyl (C=O) groups excluding carboxylic acids is 1. The second-order valence-corrected chi connectivity index (χ2v) is 9.68. The number of hydrogen-bond acceptors (Lipinski definition) is 6. The van der Waals surface area contributed by atoms with Crippen molar-refractivity contribution in [3.05, 3.63) is 41.5 Å². The van der Waals surface area contributed by atoms with Gasteiger partial charge in [-0.3, -0.25) is 4.79 Å². The van der Waals surface area contributed by atoms with Gasteiger partial charge in [0.25, 0.3) is 0 Å². The van der Waals surface area contributed by atoms with E-state index in [2.05, 4.69) is 10.2 Å². The highest BCUT2D eigenvalue weighted by Crippen LogP contribution is 2.35. The van der Waals surface area contributed by atoms with Crippen molar-refractivity contribution in [3.8, 4) is 0 Å². The van der Waals surface area contributed by atoms with Crippen LogP contribution < -0.4 is 0 Å². The van der Waals surface area contributed by atoms with E-state index in [9.17, 15) is 17.6 Å². The van der Waals surface area contributed by atoms with Crippen molar-refractivity contribution in [2.24, 2.45) is 5.92 Å². The number of likely N-dealkylation sites (tertiary alicyclic amines) is 1. The third-order valence-corrected chi connectivity index (χ3v) is 7.14. The maximum absolute atomic E-state index is 13.0. The first-order valence-electron chi connectivity index (χ1n) is 10.0. The normalized spacial score (nSPS) is 20.9. The second kappa shape index (κ2) is 8.22. The Morgan fingerprint density at radius 1 is 1.07 bits per heavy atom. The number of carbonyl (C=O) groups is 1. The zero-order valence-corrected chi connectivity index (χ0v) is 16.9. The lowest BCUT2D eigenvalue weighted by molar-refractivity contribution is -0.138. The fourth-order valence-corrected chi connectivity index (χ4v) is 5.35. The van der Waals surface area contributed by atoms with Crippen LogP contribution in [0.3, 0.4) is 0 Å². The Labute approximate surface area is 169 Å². The Morgan fingerprint density at radius 3 is 2.52 bits per heavy atom. The van der Waals surface area contributed by atoms with Gasteiger partial charge in [0.2, 0.25) is 21.6 Å². The van der Waals surface area contributed by atoms with Crippen molar-refractivity contribution >= 4 is 15.7 Å². The lowest BCUT2D eigenvalue weighted by Gasteiger charge is -2.29. The summed E-state index contributed by atoms with van der Waals surface area (Å²) >= 11 is 0. The van der Waals surface area contributed by atoms with Crippen molar-refractivity contribution in [1.82, 2.24) is 15.1 Å². The molecule has 156 valence electrons. The second-order valence-electron chi connectivity index (χ2n) is 7.82. The van der Waals surface area contributed by atoms with Gasteiger partial charge < -0.3 is 9.32 Å². The van der Waals surface area contributed by atoms with E-state index in [0.717, 1.165) is 32.1 Å². The maximum Gasteiger partial charge on any atom is 0.335 e. The largest absolute Gasteiger partial charge is 0.410 e. The monoisotopic (exact) mass is 421 g/mol. The van der Waals surface area contributed by atoms with E-state index in [1.54, 1.807) is 4.90 Å². The Balaban J connectivity index is 1.50. The summed E-state index contributed by atoms with van der Waals surface area (Å²) in [5.41, 5.74) is 0.432. The first-order chi connectivity index (χ1) is 13.9. The molecule has 2 aliphatic rings. The third kappa shape index (κ3) is 4.34. The molecule has 0 unspecified atom stereocenters. The van der Waals surface area contributed by atoms with Crippen molar-refractivity contribution in [1.29, 1.82) is 0 Å². The highest BCUT2D eigenvalue weighted by molar-refractivity contribution is 7.90. The molecule has 0 spiro atoms.